The van der Waals surface area contributed by atoms with E-state index in [4.69, 9.17) is 4.74 Å². The minimum atomic E-state index is -0.337. The summed E-state index contributed by atoms with van der Waals surface area (Å²) in [5, 5.41) is 11.9. The molecule has 4 rings (SSSR count). The highest BCUT2D eigenvalue weighted by Gasteiger charge is 2.22. The Morgan fingerprint density at radius 2 is 1.73 bits per heavy atom. The van der Waals surface area contributed by atoms with Crippen LogP contribution in [0.4, 0.5) is 0 Å². The fourth-order valence-electron chi connectivity index (χ4n) is 5.73. The normalized spacial score (nSPS) is 17.6. The van der Waals surface area contributed by atoms with Crippen molar-refractivity contribution in [2.24, 2.45) is 5.92 Å². The van der Waals surface area contributed by atoms with Gasteiger partial charge in [0.1, 0.15) is 0 Å². The zero-order chi connectivity index (χ0) is 26.2. The lowest BCUT2D eigenvalue weighted by Gasteiger charge is -2.29. The Balaban J connectivity index is 1.58. The molecule has 0 unspecified atom stereocenters. The maximum Gasteiger partial charge on any atom is 0.333 e. The summed E-state index contributed by atoms with van der Waals surface area (Å²) in [6, 6.07) is 19.5. The maximum atomic E-state index is 12.0. The molecule has 0 atom stereocenters. The molecule has 1 fully saturated rings. The third-order valence-corrected chi connectivity index (χ3v) is 8.02. The molecule has 1 saturated carbocycles. The van der Waals surface area contributed by atoms with Gasteiger partial charge in [-0.3, -0.25) is 0 Å². The Morgan fingerprint density at radius 1 is 0.973 bits per heavy atom. The largest absolute Gasteiger partial charge is 0.462 e. The molecule has 3 aromatic carbocycles. The Hall–Kier alpha value is -2.91. The van der Waals surface area contributed by atoms with Gasteiger partial charge in [0.2, 0.25) is 0 Å². The van der Waals surface area contributed by atoms with Gasteiger partial charge in [-0.15, -0.1) is 0 Å². The summed E-state index contributed by atoms with van der Waals surface area (Å²) >= 11 is 0. The molecule has 0 saturated heterocycles. The summed E-state index contributed by atoms with van der Waals surface area (Å²) in [5.74, 6) is 1.20. The van der Waals surface area contributed by atoms with Crippen LogP contribution in [0, 0.1) is 5.92 Å². The molecular formula is C34H42O3. The van der Waals surface area contributed by atoms with E-state index < -0.39 is 0 Å². The van der Waals surface area contributed by atoms with Crippen LogP contribution in [-0.2, 0) is 22.6 Å². The molecule has 0 heterocycles. The van der Waals surface area contributed by atoms with Crippen molar-refractivity contribution in [3.05, 3.63) is 83.4 Å². The van der Waals surface area contributed by atoms with E-state index in [2.05, 4.69) is 56.0 Å². The summed E-state index contributed by atoms with van der Waals surface area (Å²) < 4.78 is 5.46. The molecule has 1 aliphatic rings. The first-order chi connectivity index (χ1) is 18.0. The topological polar surface area (TPSA) is 46.5 Å². The average Bonchev–Trinajstić information content (AvgIpc) is 2.93. The van der Waals surface area contributed by atoms with Crippen molar-refractivity contribution in [1.29, 1.82) is 0 Å². The fraction of sp³-hybridized carbons (Fsp3) is 0.441. The second kappa shape index (κ2) is 13.1. The van der Waals surface area contributed by atoms with Crippen LogP contribution in [0.5, 0.6) is 0 Å². The first-order valence-electron chi connectivity index (χ1n) is 14.1. The molecule has 196 valence electrons. The summed E-state index contributed by atoms with van der Waals surface area (Å²) in [6.45, 7) is 8.03. The van der Waals surface area contributed by atoms with E-state index in [1.165, 1.54) is 73.3 Å². The van der Waals surface area contributed by atoms with Gasteiger partial charge in [0.25, 0.3) is 0 Å². The van der Waals surface area contributed by atoms with Gasteiger partial charge in [-0.1, -0.05) is 87.7 Å². The van der Waals surface area contributed by atoms with Gasteiger partial charge in [-0.25, -0.2) is 4.79 Å². The lowest BCUT2D eigenvalue weighted by atomic mass is 9.76. The number of benzene rings is 3. The maximum absolute atomic E-state index is 12.0. The highest BCUT2D eigenvalue weighted by atomic mass is 16.5. The quantitative estimate of drug-likeness (QED) is 0.164. The number of carbonyl (C=O) groups is 1. The minimum Gasteiger partial charge on any atom is -0.462 e. The van der Waals surface area contributed by atoms with Crippen molar-refractivity contribution < 1.29 is 14.6 Å². The van der Waals surface area contributed by atoms with Crippen LogP contribution in [-0.4, -0.2) is 17.7 Å². The number of esters is 1. The molecule has 0 aliphatic heterocycles. The first kappa shape index (κ1) is 27.1. The summed E-state index contributed by atoms with van der Waals surface area (Å²) in [4.78, 5) is 12.0. The SMILES string of the molecule is C=C(C)C(=O)OCCc1cc(-c2ccc(CO)cc2)cc2ccc(C3CCC(CCCCC)CC3)cc12. The number of aliphatic hydroxyl groups excluding tert-OH is 1. The Labute approximate surface area is 222 Å². The molecule has 0 radical (unpaired) electrons. The van der Waals surface area contributed by atoms with Crippen molar-refractivity contribution in [3.8, 4) is 11.1 Å². The Morgan fingerprint density at radius 3 is 2.41 bits per heavy atom. The zero-order valence-electron chi connectivity index (χ0n) is 22.6. The third kappa shape index (κ3) is 7.11. The van der Waals surface area contributed by atoms with E-state index in [0.717, 1.165) is 22.6 Å². The molecule has 3 nitrogen and oxygen atoms in total. The number of hydrogen-bond donors (Lipinski definition) is 1. The van der Waals surface area contributed by atoms with E-state index in [9.17, 15) is 9.90 Å². The van der Waals surface area contributed by atoms with Crippen LogP contribution in [0.1, 0.15) is 87.8 Å². The molecule has 0 bridgehead atoms. The standard InChI is InChI=1S/C34H42O3/c1-4-5-6-7-25-8-12-27(13-9-25)29-16-17-30-20-32(28-14-10-26(23-35)11-15-28)21-31(33(30)22-29)18-19-37-34(36)24(2)3/h10-11,14-17,20-22,25,27,35H,2,4-9,12-13,18-19,23H2,1,3H3. The highest BCUT2D eigenvalue weighted by Crippen LogP contribution is 2.39. The molecule has 3 aromatic rings. The second-order valence-electron chi connectivity index (χ2n) is 10.9. The number of rotatable bonds is 11. The van der Waals surface area contributed by atoms with Crippen LogP contribution < -0.4 is 0 Å². The Kier molecular flexibility index (Phi) is 9.57. The van der Waals surface area contributed by atoms with Crippen LogP contribution in [0.15, 0.2) is 66.7 Å². The number of unbranched alkanes of at least 4 members (excludes halogenated alkanes) is 2. The lowest BCUT2D eigenvalue weighted by molar-refractivity contribution is -0.138. The van der Waals surface area contributed by atoms with Crippen molar-refractivity contribution in [1.82, 2.24) is 0 Å². The molecule has 0 amide bonds. The van der Waals surface area contributed by atoms with Crippen LogP contribution in [0.25, 0.3) is 21.9 Å². The Bertz CT molecular complexity index is 1200. The number of carbonyl (C=O) groups excluding carboxylic acids is 1. The lowest BCUT2D eigenvalue weighted by Crippen LogP contribution is -2.13. The van der Waals surface area contributed by atoms with E-state index >= 15 is 0 Å². The van der Waals surface area contributed by atoms with E-state index in [0.29, 0.717) is 24.5 Å². The smallest absolute Gasteiger partial charge is 0.333 e. The van der Waals surface area contributed by atoms with Gasteiger partial charge in [0, 0.05) is 12.0 Å². The predicted octanol–water partition coefficient (Wildman–Crippen LogP) is 8.52. The fourth-order valence-corrected chi connectivity index (χ4v) is 5.73. The van der Waals surface area contributed by atoms with E-state index in [1.807, 2.05) is 12.1 Å². The van der Waals surface area contributed by atoms with E-state index in [1.54, 1.807) is 6.92 Å². The number of hydrogen-bond acceptors (Lipinski definition) is 3. The second-order valence-corrected chi connectivity index (χ2v) is 10.9. The monoisotopic (exact) mass is 498 g/mol. The molecule has 1 N–H and O–H groups in total. The number of aliphatic hydroxyl groups is 1. The van der Waals surface area contributed by atoms with Gasteiger partial charge >= 0.3 is 5.97 Å². The third-order valence-electron chi connectivity index (χ3n) is 8.02. The number of fused-ring (bicyclic) bond motifs is 1. The average molecular weight is 499 g/mol. The summed E-state index contributed by atoms with van der Waals surface area (Å²) in [5.41, 5.74) is 6.22. The van der Waals surface area contributed by atoms with Crippen molar-refractivity contribution in [3.63, 3.8) is 0 Å². The predicted molar refractivity (Wildman–Crippen MR) is 154 cm³/mol. The molecule has 3 heteroatoms. The van der Waals surface area contributed by atoms with Gasteiger partial charge in [0.15, 0.2) is 0 Å². The molecular weight excluding hydrogens is 456 g/mol. The van der Waals surface area contributed by atoms with E-state index in [-0.39, 0.29) is 12.6 Å². The van der Waals surface area contributed by atoms with Crippen molar-refractivity contribution >= 4 is 16.7 Å². The zero-order valence-corrected chi connectivity index (χ0v) is 22.6. The van der Waals surface area contributed by atoms with Crippen molar-refractivity contribution in [2.45, 2.75) is 84.2 Å². The highest BCUT2D eigenvalue weighted by molar-refractivity contribution is 5.91. The molecule has 0 spiro atoms. The van der Waals surface area contributed by atoms with Gasteiger partial charge in [0.05, 0.1) is 13.2 Å². The van der Waals surface area contributed by atoms with Gasteiger partial charge < -0.3 is 9.84 Å². The molecule has 1 aliphatic carbocycles. The van der Waals surface area contributed by atoms with Crippen molar-refractivity contribution in [2.75, 3.05) is 6.61 Å². The van der Waals surface area contributed by atoms with Gasteiger partial charge in [-0.05, 0) is 89.1 Å². The first-order valence-corrected chi connectivity index (χ1v) is 14.1. The molecule has 37 heavy (non-hydrogen) atoms. The van der Waals surface area contributed by atoms with Crippen LogP contribution in [0.2, 0.25) is 0 Å². The number of ether oxygens (including phenoxy) is 1. The van der Waals surface area contributed by atoms with Crippen LogP contribution >= 0.6 is 0 Å². The summed E-state index contributed by atoms with van der Waals surface area (Å²) in [6.07, 6.45) is 11.4. The minimum absolute atomic E-state index is 0.0424. The van der Waals surface area contributed by atoms with Crippen LogP contribution in [0.3, 0.4) is 0 Å². The van der Waals surface area contributed by atoms with Gasteiger partial charge in [-0.2, -0.15) is 0 Å². The molecule has 0 aromatic heterocycles. The summed E-state index contributed by atoms with van der Waals surface area (Å²) in [7, 11) is 0.